The van der Waals surface area contributed by atoms with Crippen molar-refractivity contribution in [3.63, 3.8) is 0 Å². The molecule has 1 saturated heterocycles. The molecule has 1 N–H and O–H groups in total. The Morgan fingerprint density at radius 3 is 2.42 bits per heavy atom. The van der Waals surface area contributed by atoms with Gasteiger partial charge in [0.05, 0.1) is 63.8 Å². The third-order valence-corrected chi connectivity index (χ3v) is 6.13. The minimum atomic E-state index is -3.56. The van der Waals surface area contributed by atoms with Crippen LogP contribution >= 0.6 is 0 Å². The van der Waals surface area contributed by atoms with E-state index in [0.29, 0.717) is 37.7 Å². The molecule has 132 valence electrons. The number of nitriles is 1. The summed E-state index contributed by atoms with van der Waals surface area (Å²) in [5.74, 6) is 0.871. The Morgan fingerprint density at radius 2 is 1.88 bits per heavy atom. The summed E-state index contributed by atoms with van der Waals surface area (Å²) < 4.78 is 37.4. The van der Waals surface area contributed by atoms with E-state index in [1.54, 1.807) is 6.07 Å². The summed E-state index contributed by atoms with van der Waals surface area (Å²) in [5, 5.41) is 8.90. The quantitative estimate of drug-likeness (QED) is 0.762. The van der Waals surface area contributed by atoms with Gasteiger partial charge in [0.2, 0.25) is 10.0 Å². The fraction of sp³-hybridized carbons (Fsp3) is 0.562. The number of benzene rings is 1. The zero-order chi connectivity index (χ0) is 17.7. The molecule has 2 rings (SSSR count). The van der Waals surface area contributed by atoms with Gasteiger partial charge in [0, 0.05) is 6.07 Å². The fourth-order valence-electron chi connectivity index (χ4n) is 2.85. The maximum Gasteiger partial charge on any atom is 0.243 e. The molecule has 0 aromatic heterocycles. The highest BCUT2D eigenvalue weighted by atomic mass is 32.2. The number of sulfonamides is 1. The number of ether oxygens (including phenoxy) is 2. The number of rotatable bonds is 6. The summed E-state index contributed by atoms with van der Waals surface area (Å²) in [6, 6.07) is 6.85. The van der Waals surface area contributed by atoms with Crippen molar-refractivity contribution < 1.29 is 22.8 Å². The van der Waals surface area contributed by atoms with Crippen molar-refractivity contribution in [3.8, 4) is 17.6 Å². The van der Waals surface area contributed by atoms with Gasteiger partial charge in [0.15, 0.2) is 11.5 Å². The van der Waals surface area contributed by atoms with Crippen molar-refractivity contribution in [1.29, 1.82) is 5.26 Å². The standard InChI is InChI=1S/C16H23N3O4S/c1-13(11-17)12-18-6-8-19(9-7-18)24(20,21)14-4-5-15(22-2)16(10-14)23-3/h4-5,10,13H,6-9,12H2,1-3H3/p+1/t13-/m0/s1. The minimum Gasteiger partial charge on any atom is -0.493 e. The van der Waals surface area contributed by atoms with E-state index in [9.17, 15) is 8.42 Å². The molecule has 7 nitrogen and oxygen atoms in total. The van der Waals surface area contributed by atoms with Crippen LogP contribution in [0.15, 0.2) is 23.1 Å². The number of quaternary nitrogens is 1. The third kappa shape index (κ3) is 3.98. The van der Waals surface area contributed by atoms with Gasteiger partial charge in [0.25, 0.3) is 0 Å². The zero-order valence-electron chi connectivity index (χ0n) is 14.3. The van der Waals surface area contributed by atoms with Crippen LogP contribution in [0.3, 0.4) is 0 Å². The van der Waals surface area contributed by atoms with E-state index in [1.807, 2.05) is 6.92 Å². The Hall–Kier alpha value is -1.82. The maximum absolute atomic E-state index is 12.8. The summed E-state index contributed by atoms with van der Waals surface area (Å²) in [6.07, 6.45) is 0. The average Bonchev–Trinajstić information content (AvgIpc) is 2.61. The van der Waals surface area contributed by atoms with Crippen molar-refractivity contribution in [1.82, 2.24) is 4.31 Å². The average molecular weight is 354 g/mol. The molecular weight excluding hydrogens is 330 g/mol. The molecule has 0 spiro atoms. The zero-order valence-corrected chi connectivity index (χ0v) is 15.1. The highest BCUT2D eigenvalue weighted by Gasteiger charge is 2.31. The summed E-state index contributed by atoms with van der Waals surface area (Å²) in [5.41, 5.74) is 0. The second-order valence-corrected chi connectivity index (χ2v) is 7.84. The molecule has 1 atom stereocenters. The van der Waals surface area contributed by atoms with Crippen LogP contribution < -0.4 is 14.4 Å². The van der Waals surface area contributed by atoms with Gasteiger partial charge in [0.1, 0.15) is 0 Å². The van der Waals surface area contributed by atoms with E-state index in [-0.39, 0.29) is 10.8 Å². The molecule has 1 aromatic rings. The van der Waals surface area contributed by atoms with E-state index in [2.05, 4.69) is 6.07 Å². The first-order valence-corrected chi connectivity index (χ1v) is 9.31. The summed E-state index contributed by atoms with van der Waals surface area (Å²) >= 11 is 0. The van der Waals surface area contributed by atoms with Gasteiger partial charge in [-0.2, -0.15) is 9.57 Å². The Bertz CT molecular complexity index is 707. The molecule has 0 radical (unpaired) electrons. The molecule has 1 aliphatic rings. The van der Waals surface area contributed by atoms with E-state index >= 15 is 0 Å². The van der Waals surface area contributed by atoms with E-state index in [0.717, 1.165) is 6.54 Å². The Morgan fingerprint density at radius 1 is 1.25 bits per heavy atom. The Labute approximate surface area is 143 Å². The van der Waals surface area contributed by atoms with Gasteiger partial charge in [-0.3, -0.25) is 0 Å². The number of piperazine rings is 1. The maximum atomic E-state index is 12.8. The number of hydrogen-bond donors (Lipinski definition) is 1. The lowest BCUT2D eigenvalue weighted by molar-refractivity contribution is -0.905. The van der Waals surface area contributed by atoms with E-state index < -0.39 is 10.0 Å². The Kier molecular flexibility index (Phi) is 6.04. The van der Waals surface area contributed by atoms with Crippen LogP contribution in [-0.4, -0.2) is 59.7 Å². The lowest BCUT2D eigenvalue weighted by atomic mass is 10.2. The smallest absolute Gasteiger partial charge is 0.243 e. The topological polar surface area (TPSA) is 84.1 Å². The molecule has 0 amide bonds. The van der Waals surface area contributed by atoms with Crippen LogP contribution in [-0.2, 0) is 10.0 Å². The van der Waals surface area contributed by atoms with Crippen molar-refractivity contribution in [2.24, 2.45) is 5.92 Å². The van der Waals surface area contributed by atoms with Crippen LogP contribution in [0.1, 0.15) is 6.92 Å². The molecule has 0 saturated carbocycles. The summed E-state index contributed by atoms with van der Waals surface area (Å²) in [4.78, 5) is 1.47. The Balaban J connectivity index is 2.11. The highest BCUT2D eigenvalue weighted by molar-refractivity contribution is 7.89. The van der Waals surface area contributed by atoms with Gasteiger partial charge in [-0.1, -0.05) is 0 Å². The SMILES string of the molecule is COc1ccc(S(=O)(=O)N2CC[NH+](C[C@@H](C)C#N)CC2)cc1OC. The predicted molar refractivity (Wildman–Crippen MR) is 88.6 cm³/mol. The van der Waals surface area contributed by atoms with Crippen LogP contribution in [0.5, 0.6) is 11.5 Å². The number of nitrogens with one attached hydrogen (secondary N) is 1. The molecule has 0 unspecified atom stereocenters. The van der Waals surface area contributed by atoms with Crippen molar-refractivity contribution >= 4 is 10.0 Å². The first-order valence-electron chi connectivity index (χ1n) is 7.87. The monoisotopic (exact) mass is 354 g/mol. The van der Waals surface area contributed by atoms with Crippen LogP contribution in [0.4, 0.5) is 0 Å². The first kappa shape index (κ1) is 18.5. The second kappa shape index (κ2) is 7.83. The molecule has 0 bridgehead atoms. The predicted octanol–water partition coefficient (Wildman–Crippen LogP) is -0.247. The molecule has 24 heavy (non-hydrogen) atoms. The molecule has 1 aromatic carbocycles. The lowest BCUT2D eigenvalue weighted by Crippen LogP contribution is -3.15. The normalized spacial score (nSPS) is 17.9. The third-order valence-electron chi connectivity index (χ3n) is 4.24. The van der Waals surface area contributed by atoms with Crippen LogP contribution in [0.2, 0.25) is 0 Å². The highest BCUT2D eigenvalue weighted by Crippen LogP contribution is 2.30. The van der Waals surface area contributed by atoms with E-state index in [4.69, 9.17) is 14.7 Å². The van der Waals surface area contributed by atoms with E-state index in [1.165, 1.54) is 35.6 Å². The first-order chi connectivity index (χ1) is 11.4. The molecule has 8 heteroatoms. The molecular formula is C16H24N3O4S+. The second-order valence-electron chi connectivity index (χ2n) is 5.91. The van der Waals surface area contributed by atoms with Crippen LogP contribution in [0, 0.1) is 17.2 Å². The number of methoxy groups -OCH3 is 2. The van der Waals surface area contributed by atoms with Crippen molar-refractivity contribution in [2.75, 3.05) is 46.9 Å². The summed E-state index contributed by atoms with van der Waals surface area (Å²) in [6.45, 7) is 4.95. The minimum absolute atomic E-state index is 0.0194. The van der Waals surface area contributed by atoms with Gasteiger partial charge < -0.3 is 14.4 Å². The number of hydrogen-bond acceptors (Lipinski definition) is 5. The number of nitrogens with zero attached hydrogens (tertiary/aromatic N) is 2. The molecule has 1 heterocycles. The molecule has 1 fully saturated rings. The molecule has 1 aliphatic heterocycles. The van der Waals surface area contributed by atoms with Gasteiger partial charge in [-0.05, 0) is 19.1 Å². The van der Waals surface area contributed by atoms with Gasteiger partial charge in [-0.25, -0.2) is 8.42 Å². The van der Waals surface area contributed by atoms with Crippen LogP contribution in [0.25, 0.3) is 0 Å². The summed E-state index contributed by atoms with van der Waals surface area (Å²) in [7, 11) is -0.569. The van der Waals surface area contributed by atoms with Crippen molar-refractivity contribution in [2.45, 2.75) is 11.8 Å². The molecule has 0 aliphatic carbocycles. The lowest BCUT2D eigenvalue weighted by Gasteiger charge is -2.32. The van der Waals surface area contributed by atoms with Gasteiger partial charge in [-0.15, -0.1) is 0 Å². The fourth-order valence-corrected chi connectivity index (χ4v) is 4.31. The largest absolute Gasteiger partial charge is 0.493 e. The van der Waals surface area contributed by atoms with Gasteiger partial charge >= 0.3 is 0 Å². The van der Waals surface area contributed by atoms with Crippen molar-refractivity contribution in [3.05, 3.63) is 18.2 Å².